The van der Waals surface area contributed by atoms with Crippen LogP contribution in [0.3, 0.4) is 0 Å². The number of benzene rings is 2. The summed E-state index contributed by atoms with van der Waals surface area (Å²) in [5.74, 6) is -2.54. The summed E-state index contributed by atoms with van der Waals surface area (Å²) in [5, 5.41) is 11.4. The molecular weight excluding hydrogens is 454 g/mol. The zero-order chi connectivity index (χ0) is 21.1. The predicted octanol–water partition coefficient (Wildman–Crippen LogP) is 5.94. The van der Waals surface area contributed by atoms with Crippen LogP contribution in [0.15, 0.2) is 70.8 Å². The fourth-order valence-electron chi connectivity index (χ4n) is 4.24. The van der Waals surface area contributed by atoms with Crippen molar-refractivity contribution in [1.29, 1.82) is 0 Å². The van der Waals surface area contributed by atoms with Gasteiger partial charge in [-0.1, -0.05) is 72.3 Å². The van der Waals surface area contributed by atoms with Crippen LogP contribution in [0.2, 0.25) is 0 Å². The molecule has 148 valence electrons. The van der Waals surface area contributed by atoms with E-state index in [-0.39, 0.29) is 12.2 Å². The summed E-state index contributed by atoms with van der Waals surface area (Å²) >= 11 is 25.9. The molecule has 0 aliphatic heterocycles. The summed E-state index contributed by atoms with van der Waals surface area (Å²) < 4.78 is 0. The lowest BCUT2D eigenvalue weighted by Crippen LogP contribution is -2.64. The first kappa shape index (κ1) is 20.5. The van der Waals surface area contributed by atoms with E-state index in [0.29, 0.717) is 16.5 Å². The van der Waals surface area contributed by atoms with Crippen LogP contribution in [-0.4, -0.2) is 26.4 Å². The number of aromatic hydroxyl groups is 1. The lowest BCUT2D eigenvalue weighted by atomic mass is 9.62. The van der Waals surface area contributed by atoms with Gasteiger partial charge in [-0.05, 0) is 28.8 Å². The standard InChI is InChI=1S/C22H14Cl4O3/c1-2-11-9-10-21(25)19(28)17(23)18(24)20(29)22(21,26)16(11)15-13-6-4-3-5-12(13)7-8-14(15)27/h2-9,16,27H,1,10H2/t16-,21-,22+/m1/s1. The molecule has 2 aromatic carbocycles. The number of hydrogen-bond donors (Lipinski definition) is 1. The van der Waals surface area contributed by atoms with Crippen molar-refractivity contribution in [2.45, 2.75) is 22.1 Å². The van der Waals surface area contributed by atoms with Crippen molar-refractivity contribution in [2.24, 2.45) is 0 Å². The first-order chi connectivity index (χ1) is 13.7. The van der Waals surface area contributed by atoms with Crippen molar-refractivity contribution in [3.8, 4) is 5.75 Å². The second-order valence-corrected chi connectivity index (χ2v) is 9.06. The van der Waals surface area contributed by atoms with Gasteiger partial charge in [-0.2, -0.15) is 0 Å². The average Bonchev–Trinajstić information content (AvgIpc) is 2.73. The van der Waals surface area contributed by atoms with Crippen LogP contribution in [0.4, 0.5) is 0 Å². The third-order valence-electron chi connectivity index (χ3n) is 5.68. The van der Waals surface area contributed by atoms with E-state index < -0.39 is 37.3 Å². The minimum Gasteiger partial charge on any atom is -0.508 e. The lowest BCUT2D eigenvalue weighted by molar-refractivity contribution is -0.127. The Balaban J connectivity index is 2.13. The van der Waals surface area contributed by atoms with Gasteiger partial charge < -0.3 is 5.11 Å². The molecule has 29 heavy (non-hydrogen) atoms. The van der Waals surface area contributed by atoms with Crippen molar-refractivity contribution in [3.05, 3.63) is 76.3 Å². The molecule has 0 saturated heterocycles. The van der Waals surface area contributed by atoms with Crippen molar-refractivity contribution < 1.29 is 14.7 Å². The predicted molar refractivity (Wildman–Crippen MR) is 117 cm³/mol. The molecule has 2 aliphatic carbocycles. The summed E-state index contributed by atoms with van der Waals surface area (Å²) in [6.07, 6.45) is 3.20. The van der Waals surface area contributed by atoms with Crippen LogP contribution in [0.25, 0.3) is 10.8 Å². The molecule has 1 N–H and O–H groups in total. The molecule has 3 nitrogen and oxygen atoms in total. The monoisotopic (exact) mass is 466 g/mol. The maximum absolute atomic E-state index is 13.3. The third kappa shape index (κ3) is 2.58. The van der Waals surface area contributed by atoms with Gasteiger partial charge in [0, 0.05) is 11.5 Å². The molecule has 0 amide bonds. The smallest absolute Gasteiger partial charge is 0.199 e. The summed E-state index contributed by atoms with van der Waals surface area (Å²) in [5.41, 5.74) is 0.934. The number of allylic oxidation sites excluding steroid dienone is 5. The Morgan fingerprint density at radius 3 is 2.38 bits per heavy atom. The van der Waals surface area contributed by atoms with Gasteiger partial charge in [0.15, 0.2) is 11.6 Å². The summed E-state index contributed by atoms with van der Waals surface area (Å²) in [6.45, 7) is 3.82. The first-order valence-corrected chi connectivity index (χ1v) is 10.3. The molecule has 2 aromatic rings. The number of halogens is 4. The highest BCUT2D eigenvalue weighted by Gasteiger charge is 2.68. The Labute approximate surface area is 187 Å². The number of Topliss-reactive ketones (excluding diaryl/α,β-unsaturated/α-hetero) is 2. The first-order valence-electron chi connectivity index (χ1n) is 8.74. The van der Waals surface area contributed by atoms with E-state index in [0.717, 1.165) is 5.39 Å². The second-order valence-electron chi connectivity index (χ2n) is 7.06. The molecule has 0 fully saturated rings. The Kier molecular flexibility index (Phi) is 4.86. The van der Waals surface area contributed by atoms with Crippen LogP contribution in [0.5, 0.6) is 5.75 Å². The molecule has 4 rings (SSSR count). The molecule has 0 saturated carbocycles. The molecule has 2 aliphatic rings. The van der Waals surface area contributed by atoms with Crippen LogP contribution in [-0.2, 0) is 9.59 Å². The maximum atomic E-state index is 13.3. The van der Waals surface area contributed by atoms with Crippen molar-refractivity contribution in [1.82, 2.24) is 0 Å². The lowest BCUT2D eigenvalue weighted by Gasteiger charge is -2.50. The minimum atomic E-state index is -2.00. The second kappa shape index (κ2) is 6.88. The molecule has 0 heterocycles. The van der Waals surface area contributed by atoms with E-state index in [1.165, 1.54) is 12.1 Å². The quantitative estimate of drug-likeness (QED) is 0.556. The Bertz CT molecular complexity index is 1170. The SMILES string of the molecule is C=CC1=CC[C@@]2(Cl)C(=O)C(Cl)=C(Cl)C(=O)[C@@]2(Cl)[C@H]1c1c(O)ccc2ccccc12. The third-order valence-corrected chi connectivity index (χ3v) is 7.93. The molecule has 0 unspecified atom stereocenters. The van der Waals surface area contributed by atoms with Crippen LogP contribution in [0, 0.1) is 0 Å². The Hall–Kier alpha value is -1.78. The summed E-state index contributed by atoms with van der Waals surface area (Å²) in [6, 6.07) is 10.6. The number of alkyl halides is 2. The fourth-order valence-corrected chi connectivity index (χ4v) is 5.68. The Morgan fingerprint density at radius 2 is 1.69 bits per heavy atom. The van der Waals surface area contributed by atoms with Gasteiger partial charge in [-0.15, -0.1) is 23.2 Å². The highest BCUT2D eigenvalue weighted by Crippen LogP contribution is 2.61. The normalized spacial score (nSPS) is 29.7. The molecular formula is C22H14Cl4O3. The van der Waals surface area contributed by atoms with Gasteiger partial charge in [-0.3, -0.25) is 9.59 Å². The molecule has 0 bridgehead atoms. The minimum absolute atomic E-state index is 0.0353. The molecule has 0 aromatic heterocycles. The van der Waals surface area contributed by atoms with Crippen LogP contribution in [0.1, 0.15) is 17.9 Å². The van der Waals surface area contributed by atoms with E-state index in [1.807, 2.05) is 12.1 Å². The summed E-state index contributed by atoms with van der Waals surface area (Å²) in [7, 11) is 0. The maximum Gasteiger partial charge on any atom is 0.199 e. The van der Waals surface area contributed by atoms with Gasteiger partial charge >= 0.3 is 0 Å². The van der Waals surface area contributed by atoms with E-state index in [1.54, 1.807) is 24.3 Å². The van der Waals surface area contributed by atoms with Gasteiger partial charge in [0.25, 0.3) is 0 Å². The van der Waals surface area contributed by atoms with E-state index >= 15 is 0 Å². The van der Waals surface area contributed by atoms with E-state index in [2.05, 4.69) is 6.58 Å². The number of carbonyl (C=O) groups excluding carboxylic acids is 2. The molecule has 3 atom stereocenters. The number of rotatable bonds is 2. The number of phenols is 1. The van der Waals surface area contributed by atoms with Gasteiger partial charge in [0.2, 0.25) is 0 Å². The highest BCUT2D eigenvalue weighted by molar-refractivity contribution is 6.66. The summed E-state index contributed by atoms with van der Waals surface area (Å²) in [4.78, 5) is 22.5. The van der Waals surface area contributed by atoms with Gasteiger partial charge in [-0.25, -0.2) is 0 Å². The molecule has 7 heteroatoms. The van der Waals surface area contributed by atoms with Crippen LogP contribution < -0.4 is 0 Å². The van der Waals surface area contributed by atoms with Crippen molar-refractivity contribution >= 4 is 68.7 Å². The number of phenolic OH excluding ortho intramolecular Hbond substituents is 1. The number of ketones is 2. The largest absolute Gasteiger partial charge is 0.508 e. The van der Waals surface area contributed by atoms with Crippen LogP contribution >= 0.6 is 46.4 Å². The van der Waals surface area contributed by atoms with E-state index in [9.17, 15) is 14.7 Å². The molecule has 0 radical (unpaired) electrons. The fraction of sp³-hybridized carbons (Fsp3) is 0.182. The Morgan fingerprint density at radius 1 is 1.03 bits per heavy atom. The zero-order valence-corrected chi connectivity index (χ0v) is 17.9. The molecule has 0 spiro atoms. The average molecular weight is 468 g/mol. The van der Waals surface area contributed by atoms with Gasteiger partial charge in [0.05, 0.1) is 0 Å². The van der Waals surface area contributed by atoms with Crippen molar-refractivity contribution in [2.75, 3.05) is 0 Å². The number of hydrogen-bond acceptors (Lipinski definition) is 3. The van der Waals surface area contributed by atoms with Crippen molar-refractivity contribution in [3.63, 3.8) is 0 Å². The van der Waals surface area contributed by atoms with E-state index in [4.69, 9.17) is 46.4 Å². The number of fused-ring (bicyclic) bond motifs is 2. The highest BCUT2D eigenvalue weighted by atomic mass is 35.5. The van der Waals surface area contributed by atoms with Gasteiger partial charge in [0.1, 0.15) is 25.6 Å². The number of carbonyl (C=O) groups is 2. The topological polar surface area (TPSA) is 54.4 Å². The zero-order valence-electron chi connectivity index (χ0n) is 14.9.